The fraction of sp³-hybridized carbons (Fsp3) is 1.00. The topological polar surface area (TPSA) is 0 Å². The molecule has 1 atom stereocenters. The monoisotopic (exact) mass is 166 g/mol. The zero-order chi connectivity index (χ0) is 8.60. The second kappa shape index (κ2) is 3.05. The van der Waals surface area contributed by atoms with Crippen LogP contribution in [0.15, 0.2) is 0 Å². The van der Waals surface area contributed by atoms with E-state index >= 15 is 0 Å². The Bertz CT molecular complexity index is 151. The molecule has 0 amide bonds. The Balaban J connectivity index is 1.89. The lowest BCUT2D eigenvalue weighted by molar-refractivity contribution is -0.0119. The quantitative estimate of drug-likeness (QED) is 0.552. The number of rotatable bonds is 1. The zero-order valence-electron chi connectivity index (χ0n) is 8.60. The average Bonchev–Trinajstić information content (AvgIpc) is 2.16. The van der Waals surface area contributed by atoms with E-state index in [1.807, 2.05) is 0 Å². The van der Waals surface area contributed by atoms with Gasteiger partial charge in [0.15, 0.2) is 0 Å². The lowest BCUT2D eigenvalue weighted by atomic mass is 9.53. The molecule has 1 spiro atoms. The molecule has 0 bridgehead atoms. The molecule has 0 N–H and O–H groups in total. The van der Waals surface area contributed by atoms with Crippen LogP contribution in [0.3, 0.4) is 0 Å². The van der Waals surface area contributed by atoms with Crippen LogP contribution in [-0.4, -0.2) is 0 Å². The highest BCUT2D eigenvalue weighted by Crippen LogP contribution is 2.56. The highest BCUT2D eigenvalue weighted by molar-refractivity contribution is 4.96. The van der Waals surface area contributed by atoms with Crippen molar-refractivity contribution in [1.29, 1.82) is 0 Å². The molecule has 0 unspecified atom stereocenters. The Morgan fingerprint density at radius 3 is 2.00 bits per heavy atom. The van der Waals surface area contributed by atoms with Gasteiger partial charge in [0.2, 0.25) is 0 Å². The van der Waals surface area contributed by atoms with E-state index in [1.54, 1.807) is 19.3 Å². The van der Waals surface area contributed by atoms with Crippen LogP contribution < -0.4 is 0 Å². The molecule has 0 aliphatic heterocycles. The second-order valence-corrected chi connectivity index (χ2v) is 5.15. The van der Waals surface area contributed by atoms with Gasteiger partial charge in [-0.25, -0.2) is 0 Å². The van der Waals surface area contributed by atoms with Crippen molar-refractivity contribution in [2.24, 2.45) is 17.3 Å². The van der Waals surface area contributed by atoms with Crippen molar-refractivity contribution in [3.63, 3.8) is 0 Å². The maximum atomic E-state index is 2.47. The summed E-state index contributed by atoms with van der Waals surface area (Å²) >= 11 is 0. The van der Waals surface area contributed by atoms with Crippen LogP contribution in [-0.2, 0) is 0 Å². The minimum Gasteiger partial charge on any atom is -0.0651 e. The van der Waals surface area contributed by atoms with Crippen molar-refractivity contribution in [1.82, 2.24) is 0 Å². The maximum Gasteiger partial charge on any atom is -0.0271 e. The molecule has 70 valence electrons. The van der Waals surface area contributed by atoms with Gasteiger partial charge >= 0.3 is 0 Å². The molecule has 0 heteroatoms. The summed E-state index contributed by atoms with van der Waals surface area (Å²) in [5.74, 6) is 2.12. The standard InChI is InChI=1S/C12H22/c1-3-11-5-8-12(9-6-11)7-4-10(12)2/h10-11H,3-9H2,1-2H3/t10-,11?,12?/m1/s1. The van der Waals surface area contributed by atoms with Crippen molar-refractivity contribution >= 4 is 0 Å². The van der Waals surface area contributed by atoms with Crippen molar-refractivity contribution in [2.75, 3.05) is 0 Å². The van der Waals surface area contributed by atoms with Crippen LogP contribution in [0.4, 0.5) is 0 Å². The summed E-state index contributed by atoms with van der Waals surface area (Å²) in [7, 11) is 0. The van der Waals surface area contributed by atoms with Gasteiger partial charge in [0, 0.05) is 0 Å². The van der Waals surface area contributed by atoms with E-state index in [-0.39, 0.29) is 0 Å². The largest absolute Gasteiger partial charge is 0.0651 e. The van der Waals surface area contributed by atoms with Gasteiger partial charge in [-0.05, 0) is 55.8 Å². The fourth-order valence-corrected chi connectivity index (χ4v) is 3.24. The van der Waals surface area contributed by atoms with E-state index in [4.69, 9.17) is 0 Å². The Hall–Kier alpha value is 0. The Kier molecular flexibility index (Phi) is 2.18. The molecule has 2 saturated carbocycles. The Morgan fingerprint density at radius 2 is 1.67 bits per heavy atom. The van der Waals surface area contributed by atoms with Gasteiger partial charge in [-0.15, -0.1) is 0 Å². The van der Waals surface area contributed by atoms with E-state index in [0.717, 1.165) is 17.3 Å². The minimum absolute atomic E-state index is 0.839. The molecule has 0 aromatic rings. The van der Waals surface area contributed by atoms with Gasteiger partial charge in [0.05, 0.1) is 0 Å². The molecule has 2 aliphatic rings. The minimum atomic E-state index is 0.839. The Labute approximate surface area is 76.7 Å². The van der Waals surface area contributed by atoms with Crippen LogP contribution in [0, 0.1) is 17.3 Å². The number of hydrogen-bond donors (Lipinski definition) is 0. The van der Waals surface area contributed by atoms with Crippen molar-refractivity contribution in [3.05, 3.63) is 0 Å². The number of hydrogen-bond acceptors (Lipinski definition) is 0. The molecule has 2 rings (SSSR count). The smallest absolute Gasteiger partial charge is 0.0271 e. The lowest BCUT2D eigenvalue weighted by Crippen LogP contribution is -2.41. The maximum absolute atomic E-state index is 2.47. The predicted molar refractivity (Wildman–Crippen MR) is 53.1 cm³/mol. The molecule has 2 aliphatic carbocycles. The van der Waals surface area contributed by atoms with Crippen LogP contribution in [0.25, 0.3) is 0 Å². The van der Waals surface area contributed by atoms with E-state index in [9.17, 15) is 0 Å². The van der Waals surface area contributed by atoms with E-state index in [0.29, 0.717) is 0 Å². The molecule has 0 radical (unpaired) electrons. The third kappa shape index (κ3) is 1.20. The van der Waals surface area contributed by atoms with Crippen LogP contribution in [0.1, 0.15) is 58.8 Å². The van der Waals surface area contributed by atoms with Gasteiger partial charge in [0.1, 0.15) is 0 Å². The fourth-order valence-electron chi connectivity index (χ4n) is 3.24. The molecule has 0 aromatic carbocycles. The predicted octanol–water partition coefficient (Wildman–Crippen LogP) is 4.00. The van der Waals surface area contributed by atoms with Gasteiger partial charge in [-0.1, -0.05) is 20.3 Å². The molecule has 0 nitrogen and oxygen atoms in total. The van der Waals surface area contributed by atoms with Gasteiger partial charge in [-0.3, -0.25) is 0 Å². The first-order chi connectivity index (χ1) is 5.77. The van der Waals surface area contributed by atoms with Crippen LogP contribution >= 0.6 is 0 Å². The van der Waals surface area contributed by atoms with Crippen molar-refractivity contribution < 1.29 is 0 Å². The van der Waals surface area contributed by atoms with Gasteiger partial charge in [-0.2, -0.15) is 0 Å². The first kappa shape index (κ1) is 8.59. The highest BCUT2D eigenvalue weighted by atomic mass is 14.5. The second-order valence-electron chi connectivity index (χ2n) is 5.15. The summed E-state index contributed by atoms with van der Waals surface area (Å²) in [5, 5.41) is 0. The van der Waals surface area contributed by atoms with Crippen LogP contribution in [0.5, 0.6) is 0 Å². The normalized spacial score (nSPS) is 47.5. The Morgan fingerprint density at radius 1 is 1.08 bits per heavy atom. The van der Waals surface area contributed by atoms with E-state index in [2.05, 4.69) is 13.8 Å². The molecular formula is C12H22. The van der Waals surface area contributed by atoms with Gasteiger partial charge < -0.3 is 0 Å². The summed E-state index contributed by atoms with van der Waals surface area (Å²) in [6.45, 7) is 4.82. The summed E-state index contributed by atoms with van der Waals surface area (Å²) < 4.78 is 0. The van der Waals surface area contributed by atoms with Gasteiger partial charge in [0.25, 0.3) is 0 Å². The first-order valence-corrected chi connectivity index (χ1v) is 5.77. The zero-order valence-corrected chi connectivity index (χ0v) is 8.60. The summed E-state index contributed by atoms with van der Waals surface area (Å²) in [6, 6.07) is 0. The van der Waals surface area contributed by atoms with E-state index in [1.165, 1.54) is 25.7 Å². The molecular weight excluding hydrogens is 144 g/mol. The molecule has 0 saturated heterocycles. The molecule has 2 fully saturated rings. The van der Waals surface area contributed by atoms with Crippen LogP contribution in [0.2, 0.25) is 0 Å². The summed E-state index contributed by atoms with van der Waals surface area (Å²) in [6.07, 6.45) is 10.6. The molecule has 12 heavy (non-hydrogen) atoms. The van der Waals surface area contributed by atoms with Crippen molar-refractivity contribution in [2.45, 2.75) is 58.8 Å². The average molecular weight is 166 g/mol. The third-order valence-corrected chi connectivity index (χ3v) is 4.80. The van der Waals surface area contributed by atoms with E-state index < -0.39 is 0 Å². The SMILES string of the molecule is CCC1CCC2(CC1)CC[C@H]2C. The highest BCUT2D eigenvalue weighted by Gasteiger charge is 2.45. The summed E-state index contributed by atoms with van der Waals surface area (Å²) in [5.41, 5.74) is 0.839. The first-order valence-electron chi connectivity index (χ1n) is 5.77. The summed E-state index contributed by atoms with van der Waals surface area (Å²) in [4.78, 5) is 0. The van der Waals surface area contributed by atoms with Crippen molar-refractivity contribution in [3.8, 4) is 0 Å². The lowest BCUT2D eigenvalue weighted by Gasteiger charge is -2.52. The molecule has 0 aromatic heterocycles. The third-order valence-electron chi connectivity index (χ3n) is 4.80. The molecule has 0 heterocycles.